The number of nitrogens with zero attached hydrogens (tertiary/aromatic N) is 5. The average molecular weight is 521 g/mol. The van der Waals surface area contributed by atoms with Crippen molar-refractivity contribution in [3.8, 4) is 0 Å². The van der Waals surface area contributed by atoms with Crippen LogP contribution in [-0.4, -0.2) is 71.4 Å². The maximum absolute atomic E-state index is 12.1. The number of hydrogen-bond acceptors (Lipinski definition) is 5. The summed E-state index contributed by atoms with van der Waals surface area (Å²) < 4.78 is 7.04. The lowest BCUT2D eigenvalue weighted by atomic mass is 10.2. The van der Waals surface area contributed by atoms with E-state index in [-0.39, 0.29) is 24.0 Å². The first-order valence-electron chi connectivity index (χ1n) is 10.3. The van der Waals surface area contributed by atoms with Gasteiger partial charge in [-0.3, -0.25) is 4.79 Å². The van der Waals surface area contributed by atoms with Crippen LogP contribution >= 0.6 is 24.0 Å². The molecule has 0 saturated carbocycles. The number of methoxy groups -OCH3 is 1. The number of aryl methyl sites for hydroxylation is 1. The number of hydrogen-bond donors (Lipinski definition) is 2. The van der Waals surface area contributed by atoms with Crippen molar-refractivity contribution in [3.63, 3.8) is 0 Å². The largest absolute Gasteiger partial charge is 0.385 e. The molecule has 1 aromatic rings. The van der Waals surface area contributed by atoms with E-state index in [4.69, 9.17) is 4.74 Å². The molecule has 0 spiro atoms. The maximum Gasteiger partial charge on any atom is 0.222 e. The molecule has 166 valence electrons. The summed E-state index contributed by atoms with van der Waals surface area (Å²) >= 11 is 0. The highest BCUT2D eigenvalue weighted by atomic mass is 127. The van der Waals surface area contributed by atoms with Crippen molar-refractivity contribution in [2.75, 3.05) is 39.9 Å². The first kappa shape index (κ1) is 25.6. The fourth-order valence-corrected chi connectivity index (χ4v) is 3.09. The number of ether oxygens (including phenoxy) is 1. The Morgan fingerprint density at radius 3 is 2.62 bits per heavy atom. The van der Waals surface area contributed by atoms with Crippen molar-refractivity contribution in [2.24, 2.45) is 12.0 Å². The summed E-state index contributed by atoms with van der Waals surface area (Å²) in [6.45, 7) is 6.32. The summed E-state index contributed by atoms with van der Waals surface area (Å²) in [4.78, 5) is 18.7. The molecule has 0 radical (unpaired) electrons. The molecule has 1 saturated heterocycles. The molecule has 1 fully saturated rings. The van der Waals surface area contributed by atoms with E-state index in [1.165, 1.54) is 0 Å². The van der Waals surface area contributed by atoms with Crippen LogP contribution in [-0.2, 0) is 23.1 Å². The summed E-state index contributed by atoms with van der Waals surface area (Å²) in [5.41, 5.74) is 0. The first-order chi connectivity index (χ1) is 13.6. The average Bonchev–Trinajstić information content (AvgIpc) is 2.88. The van der Waals surface area contributed by atoms with E-state index in [2.05, 4.69) is 25.8 Å². The van der Waals surface area contributed by atoms with Crippen LogP contribution in [0, 0.1) is 6.92 Å². The van der Waals surface area contributed by atoms with E-state index >= 15 is 0 Å². The highest BCUT2D eigenvalue weighted by Gasteiger charge is 2.15. The van der Waals surface area contributed by atoms with Gasteiger partial charge in [0.05, 0.1) is 0 Å². The number of aliphatic imine (C=N–C) groups is 1. The van der Waals surface area contributed by atoms with Crippen LogP contribution < -0.4 is 10.6 Å². The zero-order chi connectivity index (χ0) is 20.2. The quantitative estimate of drug-likeness (QED) is 0.210. The fraction of sp³-hybridized carbons (Fsp3) is 0.789. The molecule has 0 atom stereocenters. The summed E-state index contributed by atoms with van der Waals surface area (Å²) in [6, 6.07) is 0. The highest BCUT2D eigenvalue weighted by molar-refractivity contribution is 14.0. The van der Waals surface area contributed by atoms with Gasteiger partial charge in [0.25, 0.3) is 0 Å². The number of halogens is 1. The van der Waals surface area contributed by atoms with Crippen LogP contribution in [0.4, 0.5) is 0 Å². The van der Waals surface area contributed by atoms with Crippen LogP contribution in [0.1, 0.15) is 50.2 Å². The minimum absolute atomic E-state index is 0. The molecular weight excluding hydrogens is 485 g/mol. The van der Waals surface area contributed by atoms with Crippen molar-refractivity contribution in [3.05, 3.63) is 11.6 Å². The molecule has 2 heterocycles. The predicted molar refractivity (Wildman–Crippen MR) is 124 cm³/mol. The SMILES string of the molecule is COCCCNC(=NCc1nnc(C)n1C)NCCCN1CCCCCC1=O.I. The van der Waals surface area contributed by atoms with E-state index in [1.54, 1.807) is 7.11 Å². The van der Waals surface area contributed by atoms with Gasteiger partial charge in [0, 0.05) is 53.4 Å². The number of carbonyl (C=O) groups excluding carboxylic acids is 1. The van der Waals surface area contributed by atoms with Gasteiger partial charge in [-0.25, -0.2) is 4.99 Å². The standard InChI is InChI=1S/C19H35N7O2.HI/c1-16-23-24-17(25(16)2)15-22-19(21-11-8-14-28-3)20-10-7-13-26-12-6-4-5-9-18(26)27;/h4-15H2,1-3H3,(H2,20,21,22);1H. The second-order valence-electron chi connectivity index (χ2n) is 7.13. The number of nitrogens with one attached hydrogen (secondary N) is 2. The Hall–Kier alpha value is -1.43. The molecule has 2 N–H and O–H groups in total. The third kappa shape index (κ3) is 9.28. The molecule has 1 aliphatic rings. The van der Waals surface area contributed by atoms with Gasteiger partial charge in [-0.05, 0) is 32.6 Å². The zero-order valence-electron chi connectivity index (χ0n) is 17.9. The van der Waals surface area contributed by atoms with Crippen LogP contribution in [0.5, 0.6) is 0 Å². The smallest absolute Gasteiger partial charge is 0.222 e. The number of likely N-dealkylation sites (tertiary alicyclic amines) is 1. The summed E-state index contributed by atoms with van der Waals surface area (Å²) in [5, 5.41) is 14.9. The number of carbonyl (C=O) groups is 1. The molecule has 1 aromatic heterocycles. The minimum Gasteiger partial charge on any atom is -0.385 e. The van der Waals surface area contributed by atoms with E-state index in [1.807, 2.05) is 23.4 Å². The number of amides is 1. The van der Waals surface area contributed by atoms with Gasteiger partial charge >= 0.3 is 0 Å². The van der Waals surface area contributed by atoms with Crippen molar-refractivity contribution in [1.29, 1.82) is 0 Å². The third-order valence-corrected chi connectivity index (χ3v) is 4.95. The van der Waals surface area contributed by atoms with Crippen LogP contribution in [0.15, 0.2) is 4.99 Å². The molecule has 1 amide bonds. The predicted octanol–water partition coefficient (Wildman–Crippen LogP) is 1.61. The zero-order valence-corrected chi connectivity index (χ0v) is 20.3. The van der Waals surface area contributed by atoms with E-state index in [9.17, 15) is 4.79 Å². The summed E-state index contributed by atoms with van der Waals surface area (Å²) in [5.74, 6) is 2.74. The monoisotopic (exact) mass is 521 g/mol. The van der Waals surface area contributed by atoms with Gasteiger partial charge in [0.1, 0.15) is 12.4 Å². The topological polar surface area (TPSA) is 96.7 Å². The Bertz CT molecular complexity index is 636. The lowest BCUT2D eigenvalue weighted by molar-refractivity contribution is -0.130. The molecule has 0 aliphatic carbocycles. The van der Waals surface area contributed by atoms with Crippen molar-refractivity contribution in [2.45, 2.75) is 52.0 Å². The molecule has 9 nitrogen and oxygen atoms in total. The van der Waals surface area contributed by atoms with Gasteiger partial charge < -0.3 is 24.8 Å². The lowest BCUT2D eigenvalue weighted by Gasteiger charge is -2.21. The molecule has 0 aromatic carbocycles. The van der Waals surface area contributed by atoms with Crippen LogP contribution in [0.25, 0.3) is 0 Å². The lowest BCUT2D eigenvalue weighted by Crippen LogP contribution is -2.40. The number of aromatic nitrogens is 3. The summed E-state index contributed by atoms with van der Waals surface area (Å²) in [6.07, 6.45) is 5.79. The first-order valence-corrected chi connectivity index (χ1v) is 10.3. The van der Waals surface area contributed by atoms with Gasteiger partial charge in [0.2, 0.25) is 5.91 Å². The Balaban J connectivity index is 0.00000420. The molecule has 2 rings (SSSR count). The minimum atomic E-state index is 0. The molecule has 0 unspecified atom stereocenters. The molecule has 1 aliphatic heterocycles. The Morgan fingerprint density at radius 1 is 1.17 bits per heavy atom. The normalized spacial score (nSPS) is 15.1. The van der Waals surface area contributed by atoms with Gasteiger partial charge in [-0.15, -0.1) is 34.2 Å². The van der Waals surface area contributed by atoms with Gasteiger partial charge in [-0.2, -0.15) is 0 Å². The Labute approximate surface area is 191 Å². The van der Waals surface area contributed by atoms with Gasteiger partial charge in [-0.1, -0.05) is 6.42 Å². The van der Waals surface area contributed by atoms with E-state index in [0.29, 0.717) is 25.5 Å². The van der Waals surface area contributed by atoms with Crippen LogP contribution in [0.3, 0.4) is 0 Å². The Morgan fingerprint density at radius 2 is 1.93 bits per heavy atom. The number of rotatable bonds is 10. The molecular formula is C19H36IN7O2. The fourth-order valence-electron chi connectivity index (χ4n) is 3.09. The maximum atomic E-state index is 12.1. The molecule has 0 bridgehead atoms. The van der Waals surface area contributed by atoms with Crippen molar-refractivity contribution in [1.82, 2.24) is 30.3 Å². The molecule has 10 heteroatoms. The second kappa shape index (κ2) is 14.5. The Kier molecular flexibility index (Phi) is 12.8. The highest BCUT2D eigenvalue weighted by Crippen LogP contribution is 2.11. The van der Waals surface area contributed by atoms with E-state index < -0.39 is 0 Å². The van der Waals surface area contributed by atoms with Crippen LogP contribution in [0.2, 0.25) is 0 Å². The summed E-state index contributed by atoms with van der Waals surface area (Å²) in [7, 11) is 3.64. The van der Waals surface area contributed by atoms with Gasteiger partial charge in [0.15, 0.2) is 11.8 Å². The van der Waals surface area contributed by atoms with Crippen molar-refractivity contribution < 1.29 is 9.53 Å². The third-order valence-electron chi connectivity index (χ3n) is 4.95. The number of guanidine groups is 1. The van der Waals surface area contributed by atoms with E-state index in [0.717, 1.165) is 75.9 Å². The second-order valence-corrected chi connectivity index (χ2v) is 7.13. The van der Waals surface area contributed by atoms with Crippen molar-refractivity contribution >= 4 is 35.8 Å². The molecule has 29 heavy (non-hydrogen) atoms.